The molecule has 1 aliphatic rings. The highest BCUT2D eigenvalue weighted by atomic mass is 16.2. The monoisotopic (exact) mass is 589 g/mol. The minimum atomic E-state index is -0.614. The Bertz CT molecular complexity index is 1670. The molecule has 44 heavy (non-hydrogen) atoms. The summed E-state index contributed by atoms with van der Waals surface area (Å²) in [5.74, 6) is -1.43. The Labute approximate surface area is 251 Å². The largest absolute Gasteiger partial charge is 0.366 e. The molecule has 3 heterocycles. The van der Waals surface area contributed by atoms with E-state index in [1.165, 1.54) is 12.4 Å². The van der Waals surface area contributed by atoms with Crippen LogP contribution in [0.5, 0.6) is 0 Å². The number of hydrazine groups is 1. The Morgan fingerprint density at radius 3 is 1.50 bits per heavy atom. The topological polar surface area (TPSA) is 208 Å². The zero-order valence-electron chi connectivity index (χ0n) is 23.2. The van der Waals surface area contributed by atoms with Gasteiger partial charge in [-0.2, -0.15) is 0 Å². The third-order valence-corrected chi connectivity index (χ3v) is 6.73. The van der Waals surface area contributed by atoms with Crippen LogP contribution in [0, 0.1) is 0 Å². The molecule has 2 aromatic heterocycles. The van der Waals surface area contributed by atoms with Crippen molar-refractivity contribution in [2.75, 3.05) is 16.5 Å². The van der Waals surface area contributed by atoms with E-state index in [1.54, 1.807) is 77.8 Å². The van der Waals surface area contributed by atoms with Gasteiger partial charge in [0.2, 0.25) is 23.6 Å². The molecule has 0 saturated heterocycles. The molecule has 4 amide bonds. The van der Waals surface area contributed by atoms with Crippen molar-refractivity contribution < 1.29 is 19.2 Å². The number of nitrogens with two attached hydrogens (primary N) is 4. The van der Waals surface area contributed by atoms with Crippen LogP contribution in [-0.4, -0.2) is 45.2 Å². The first-order valence-corrected chi connectivity index (χ1v) is 13.2. The minimum absolute atomic E-state index is 0.239. The van der Waals surface area contributed by atoms with Crippen LogP contribution in [0.4, 0.5) is 23.0 Å². The lowest BCUT2D eigenvalue weighted by Gasteiger charge is -2.39. The fourth-order valence-electron chi connectivity index (χ4n) is 4.53. The third-order valence-electron chi connectivity index (χ3n) is 6.73. The van der Waals surface area contributed by atoms with Gasteiger partial charge in [-0.25, -0.2) is 15.0 Å². The van der Waals surface area contributed by atoms with Crippen molar-refractivity contribution in [1.29, 1.82) is 0 Å². The maximum absolute atomic E-state index is 11.7. The molecule has 5 rings (SSSR count). The highest BCUT2D eigenvalue weighted by Gasteiger charge is 2.25. The van der Waals surface area contributed by atoms with Crippen LogP contribution in [0.15, 0.2) is 109 Å². The summed E-state index contributed by atoms with van der Waals surface area (Å²) in [5.41, 5.74) is 25.0. The number of pyridine rings is 2. The fraction of sp³-hybridized carbons (Fsp3) is 0.0323. The number of hydrogen-bond acceptors (Lipinski definition) is 9. The molecule has 0 saturated carbocycles. The highest BCUT2D eigenvalue weighted by Crippen LogP contribution is 2.33. The molecule has 0 spiro atoms. The number of rotatable bonds is 10. The molecule has 0 fully saturated rings. The van der Waals surface area contributed by atoms with Gasteiger partial charge in [0.1, 0.15) is 5.82 Å². The Hall–Kier alpha value is -6.50. The SMILES string of the molecule is NC(=O)c1ccc(N(C2=CC=CN(N(c3ccc(C(N)=O)cc3)c3ccc(C(N)=O)cn3)C2)c2ccc(C(N)=O)cn2)cc1. The van der Waals surface area contributed by atoms with E-state index < -0.39 is 23.6 Å². The molecule has 0 unspecified atom stereocenters. The molecular weight excluding hydrogens is 562 g/mol. The number of nitrogens with zero attached hydrogens (tertiary/aromatic N) is 5. The van der Waals surface area contributed by atoms with Crippen molar-refractivity contribution in [2.24, 2.45) is 22.9 Å². The van der Waals surface area contributed by atoms with Crippen molar-refractivity contribution >= 4 is 46.6 Å². The quantitative estimate of drug-likeness (QED) is 0.214. The van der Waals surface area contributed by atoms with E-state index in [-0.39, 0.29) is 17.7 Å². The van der Waals surface area contributed by atoms with Gasteiger partial charge in [-0.05, 0) is 84.9 Å². The van der Waals surface area contributed by atoms with Crippen LogP contribution in [-0.2, 0) is 0 Å². The van der Waals surface area contributed by atoms with Crippen molar-refractivity contribution in [2.45, 2.75) is 0 Å². The molecule has 0 aliphatic carbocycles. The normalized spacial score (nSPS) is 12.3. The van der Waals surface area contributed by atoms with Crippen LogP contribution < -0.4 is 32.8 Å². The van der Waals surface area contributed by atoms with E-state index in [9.17, 15) is 19.2 Å². The summed E-state index contributed by atoms with van der Waals surface area (Å²) < 4.78 is 0. The Morgan fingerprint density at radius 2 is 1.05 bits per heavy atom. The Morgan fingerprint density at radius 1 is 0.591 bits per heavy atom. The van der Waals surface area contributed by atoms with Gasteiger partial charge in [0.05, 0.1) is 23.4 Å². The van der Waals surface area contributed by atoms with Crippen LogP contribution in [0.3, 0.4) is 0 Å². The first-order chi connectivity index (χ1) is 21.1. The van der Waals surface area contributed by atoms with E-state index in [2.05, 4.69) is 9.97 Å². The Kier molecular flexibility index (Phi) is 8.02. The zero-order valence-corrected chi connectivity index (χ0v) is 23.2. The molecule has 2 aromatic carbocycles. The van der Waals surface area contributed by atoms with Crippen molar-refractivity contribution in [3.05, 3.63) is 131 Å². The van der Waals surface area contributed by atoms with Gasteiger partial charge in [0.15, 0.2) is 5.82 Å². The predicted octanol–water partition coefficient (Wildman–Crippen LogP) is 2.48. The van der Waals surface area contributed by atoms with Crippen molar-refractivity contribution in [3.8, 4) is 0 Å². The van der Waals surface area contributed by atoms with Crippen LogP contribution in [0.1, 0.15) is 41.4 Å². The van der Waals surface area contributed by atoms with Gasteiger partial charge in [-0.15, -0.1) is 0 Å². The van der Waals surface area contributed by atoms with Gasteiger partial charge in [-0.3, -0.25) is 29.1 Å². The zero-order chi connectivity index (χ0) is 31.4. The maximum Gasteiger partial charge on any atom is 0.250 e. The summed E-state index contributed by atoms with van der Waals surface area (Å²) in [6.07, 6.45) is 8.30. The summed E-state index contributed by atoms with van der Waals surface area (Å²) in [6.45, 7) is 0.268. The molecule has 4 aromatic rings. The lowest BCUT2D eigenvalue weighted by molar-refractivity contribution is 0.0991. The number of anilines is 4. The maximum atomic E-state index is 11.7. The molecule has 0 bridgehead atoms. The number of hydrogen-bond donors (Lipinski definition) is 4. The Balaban J connectivity index is 1.56. The van der Waals surface area contributed by atoms with E-state index in [0.29, 0.717) is 34.1 Å². The summed E-state index contributed by atoms with van der Waals surface area (Å²) in [4.78, 5) is 57.6. The number of amides is 4. The van der Waals surface area contributed by atoms with Crippen molar-refractivity contribution in [1.82, 2.24) is 15.0 Å². The third kappa shape index (κ3) is 6.06. The first kappa shape index (κ1) is 29.0. The average Bonchev–Trinajstić information content (AvgIpc) is 3.02. The average molecular weight is 590 g/mol. The fourth-order valence-corrected chi connectivity index (χ4v) is 4.53. The van der Waals surface area contributed by atoms with Crippen LogP contribution in [0.2, 0.25) is 0 Å². The summed E-state index contributed by atoms with van der Waals surface area (Å²) >= 11 is 0. The smallest absolute Gasteiger partial charge is 0.250 e. The first-order valence-electron chi connectivity index (χ1n) is 13.2. The lowest BCUT2D eigenvalue weighted by Crippen LogP contribution is -2.41. The van der Waals surface area contributed by atoms with Gasteiger partial charge >= 0.3 is 0 Å². The van der Waals surface area contributed by atoms with Crippen LogP contribution in [0.25, 0.3) is 0 Å². The number of carbonyl (C=O) groups excluding carboxylic acids is 4. The summed E-state index contributed by atoms with van der Waals surface area (Å²) in [5, 5.41) is 3.65. The second-order valence-corrected chi connectivity index (χ2v) is 9.61. The molecule has 1 aliphatic heterocycles. The molecule has 8 N–H and O–H groups in total. The molecule has 0 atom stereocenters. The molecule has 0 radical (unpaired) electrons. The highest BCUT2D eigenvalue weighted by molar-refractivity contribution is 5.95. The number of carbonyl (C=O) groups is 4. The van der Waals surface area contributed by atoms with Gasteiger partial charge in [0.25, 0.3) is 0 Å². The number of primary amides is 4. The van der Waals surface area contributed by atoms with E-state index in [4.69, 9.17) is 22.9 Å². The minimum Gasteiger partial charge on any atom is -0.366 e. The predicted molar refractivity (Wildman–Crippen MR) is 164 cm³/mol. The second kappa shape index (κ2) is 12.2. The van der Waals surface area contributed by atoms with E-state index in [0.717, 1.165) is 5.70 Å². The van der Waals surface area contributed by atoms with Gasteiger partial charge in [0, 0.05) is 41.1 Å². The van der Waals surface area contributed by atoms with E-state index in [1.807, 2.05) is 28.3 Å². The van der Waals surface area contributed by atoms with Crippen molar-refractivity contribution in [3.63, 3.8) is 0 Å². The molecule has 220 valence electrons. The van der Waals surface area contributed by atoms with E-state index >= 15 is 0 Å². The summed E-state index contributed by atoms with van der Waals surface area (Å²) in [6, 6.07) is 19.8. The second-order valence-electron chi connectivity index (χ2n) is 9.61. The summed E-state index contributed by atoms with van der Waals surface area (Å²) in [7, 11) is 0. The number of benzene rings is 2. The lowest BCUT2D eigenvalue weighted by atomic mass is 10.1. The number of aromatic nitrogens is 2. The standard InChI is InChI=1S/C31H27N9O4/c32-28(41)19-3-9-23(10-4-19)39(26-13-7-21(16-36-26)30(34)43)25-2-1-15-38(18-25)40(24-11-5-20(6-12-24)29(33)42)27-14-8-22(17-37-27)31(35)44/h1-17H,18H2,(H2,32,41)(H2,33,42)(H2,34,43)(H2,35,44). The molecule has 13 heteroatoms. The molecular formula is C31H27N9O4. The van der Waals surface area contributed by atoms with Gasteiger partial charge in [-0.1, -0.05) is 0 Å². The van der Waals surface area contributed by atoms with Crippen LogP contribution >= 0.6 is 0 Å². The molecule has 13 nitrogen and oxygen atoms in total. The van der Waals surface area contributed by atoms with Gasteiger partial charge < -0.3 is 22.9 Å². The number of allylic oxidation sites excluding steroid dienone is 2.